The van der Waals surface area contributed by atoms with Gasteiger partial charge in [-0.25, -0.2) is 0 Å². The first-order chi connectivity index (χ1) is 7.63. The molecule has 0 atom stereocenters. The van der Waals surface area contributed by atoms with Crippen LogP contribution >= 0.6 is 0 Å². The van der Waals surface area contributed by atoms with E-state index in [1.54, 1.807) is 24.3 Å². The average molecular weight is 216 g/mol. The summed E-state index contributed by atoms with van der Waals surface area (Å²) >= 11 is 0. The van der Waals surface area contributed by atoms with E-state index in [2.05, 4.69) is 5.32 Å². The topological polar surface area (TPSA) is 70.0 Å². The summed E-state index contributed by atoms with van der Waals surface area (Å²) in [5, 5.41) is 11.4. The number of carbonyl (C=O) groups is 2. The maximum Gasteiger partial charge on any atom is 0.227 e. The molecule has 0 aliphatic carbocycles. The number of amides is 1. The van der Waals surface area contributed by atoms with Crippen LogP contribution in [0.1, 0.15) is 24.5 Å². The van der Waals surface area contributed by atoms with Crippen molar-refractivity contribution in [2.45, 2.75) is 19.9 Å². The Morgan fingerprint density at radius 2 is 2.06 bits per heavy atom. The molecule has 0 saturated heterocycles. The lowest BCUT2D eigenvalue weighted by molar-refractivity contribution is -0.127. The molecule has 4 nitrogen and oxygen atoms in total. The van der Waals surface area contributed by atoms with Gasteiger partial charge in [-0.1, -0.05) is 18.2 Å². The van der Waals surface area contributed by atoms with Gasteiger partial charge in [-0.05, 0) is 18.6 Å². The second-order valence-electron chi connectivity index (χ2n) is 3.42. The van der Waals surface area contributed by atoms with Gasteiger partial charge in [0.05, 0.1) is 18.1 Å². The Labute approximate surface area is 93.9 Å². The van der Waals surface area contributed by atoms with E-state index >= 15 is 0 Å². The van der Waals surface area contributed by atoms with Gasteiger partial charge in [0.25, 0.3) is 0 Å². The maximum atomic E-state index is 11.2. The number of hydrogen-bond acceptors (Lipinski definition) is 3. The number of ketones is 1. The molecular formula is C12H12N2O2. The summed E-state index contributed by atoms with van der Waals surface area (Å²) in [6.45, 7) is 1.64. The van der Waals surface area contributed by atoms with Gasteiger partial charge in [0.15, 0.2) is 0 Å². The van der Waals surface area contributed by atoms with E-state index in [4.69, 9.17) is 5.26 Å². The van der Waals surface area contributed by atoms with Crippen LogP contribution in [-0.4, -0.2) is 11.7 Å². The van der Waals surface area contributed by atoms with E-state index in [1.807, 2.05) is 6.07 Å². The molecular weight excluding hydrogens is 204 g/mol. The molecule has 1 aromatic carbocycles. The third kappa shape index (κ3) is 3.54. The average Bonchev–Trinajstić information content (AvgIpc) is 2.26. The van der Waals surface area contributed by atoms with Crippen LogP contribution in [0.3, 0.4) is 0 Å². The zero-order chi connectivity index (χ0) is 12.0. The van der Waals surface area contributed by atoms with Crippen LogP contribution in [0, 0.1) is 11.3 Å². The molecule has 0 bridgehead atoms. The predicted octanol–water partition coefficient (Wildman–Crippen LogP) is 1.15. The normalized spacial score (nSPS) is 9.25. The smallest absolute Gasteiger partial charge is 0.227 e. The Morgan fingerprint density at radius 3 is 2.69 bits per heavy atom. The Morgan fingerprint density at radius 1 is 1.38 bits per heavy atom. The number of benzene rings is 1. The number of hydrogen-bond donors (Lipinski definition) is 1. The summed E-state index contributed by atoms with van der Waals surface area (Å²) in [6.07, 6.45) is -0.116. The SMILES string of the molecule is CC(=O)CC(=O)NCc1ccccc1C#N. The lowest BCUT2D eigenvalue weighted by Gasteiger charge is -2.05. The van der Waals surface area contributed by atoms with Crippen molar-refractivity contribution in [3.05, 3.63) is 35.4 Å². The maximum absolute atomic E-state index is 11.2. The number of nitriles is 1. The quantitative estimate of drug-likeness (QED) is 0.767. The lowest BCUT2D eigenvalue weighted by Crippen LogP contribution is -2.24. The van der Waals surface area contributed by atoms with E-state index in [0.717, 1.165) is 5.56 Å². The van der Waals surface area contributed by atoms with Crippen molar-refractivity contribution < 1.29 is 9.59 Å². The molecule has 0 radical (unpaired) electrons. The fourth-order valence-electron chi connectivity index (χ4n) is 1.27. The standard InChI is InChI=1S/C12H12N2O2/c1-9(15)6-12(16)14-8-11-5-3-2-4-10(11)7-13/h2-5H,6,8H2,1H3,(H,14,16). The molecule has 0 aliphatic rings. The molecule has 16 heavy (non-hydrogen) atoms. The number of carbonyl (C=O) groups excluding carboxylic acids is 2. The zero-order valence-electron chi connectivity index (χ0n) is 8.99. The first-order valence-electron chi connectivity index (χ1n) is 4.87. The lowest BCUT2D eigenvalue weighted by atomic mass is 10.1. The van der Waals surface area contributed by atoms with Crippen LogP contribution in [0.5, 0.6) is 0 Å². The van der Waals surface area contributed by atoms with Gasteiger partial charge in [0, 0.05) is 6.54 Å². The first-order valence-corrected chi connectivity index (χ1v) is 4.87. The number of nitrogens with one attached hydrogen (secondary N) is 1. The molecule has 1 aromatic rings. The molecule has 0 saturated carbocycles. The van der Waals surface area contributed by atoms with Crippen molar-refractivity contribution in [2.75, 3.05) is 0 Å². The van der Waals surface area contributed by atoms with E-state index < -0.39 is 0 Å². The van der Waals surface area contributed by atoms with Crippen LogP contribution in [0.25, 0.3) is 0 Å². The summed E-state index contributed by atoms with van der Waals surface area (Å²) in [4.78, 5) is 21.9. The second-order valence-corrected chi connectivity index (χ2v) is 3.42. The number of Topliss-reactive ketones (excluding diaryl/α,β-unsaturated/α-hetero) is 1. The molecule has 82 valence electrons. The molecule has 0 aliphatic heterocycles. The van der Waals surface area contributed by atoms with Crippen molar-refractivity contribution in [2.24, 2.45) is 0 Å². The minimum absolute atomic E-state index is 0.116. The van der Waals surface area contributed by atoms with Crippen LogP contribution in [-0.2, 0) is 16.1 Å². The van der Waals surface area contributed by atoms with Crippen molar-refractivity contribution in [3.8, 4) is 6.07 Å². The van der Waals surface area contributed by atoms with Gasteiger partial charge in [-0.15, -0.1) is 0 Å². The Hall–Kier alpha value is -2.15. The van der Waals surface area contributed by atoms with Crippen molar-refractivity contribution in [3.63, 3.8) is 0 Å². The summed E-state index contributed by atoms with van der Waals surface area (Å²) in [5.41, 5.74) is 1.28. The Bertz CT molecular complexity index is 447. The molecule has 4 heteroatoms. The van der Waals surface area contributed by atoms with Gasteiger partial charge in [-0.3, -0.25) is 9.59 Å². The predicted molar refractivity (Wildman–Crippen MR) is 58.3 cm³/mol. The molecule has 1 amide bonds. The second kappa shape index (κ2) is 5.66. The third-order valence-corrected chi connectivity index (χ3v) is 2.02. The van der Waals surface area contributed by atoms with Crippen molar-refractivity contribution in [1.29, 1.82) is 5.26 Å². The molecule has 0 fully saturated rings. The van der Waals surface area contributed by atoms with Crippen molar-refractivity contribution in [1.82, 2.24) is 5.32 Å². The largest absolute Gasteiger partial charge is 0.352 e. The van der Waals surface area contributed by atoms with Gasteiger partial charge >= 0.3 is 0 Å². The van der Waals surface area contributed by atoms with Gasteiger partial charge < -0.3 is 5.32 Å². The van der Waals surface area contributed by atoms with E-state index in [1.165, 1.54) is 6.92 Å². The fourth-order valence-corrected chi connectivity index (χ4v) is 1.27. The Kier molecular flexibility index (Phi) is 4.22. The van der Waals surface area contributed by atoms with Crippen molar-refractivity contribution >= 4 is 11.7 Å². The van der Waals surface area contributed by atoms with Crippen LogP contribution in [0.4, 0.5) is 0 Å². The molecule has 1 N–H and O–H groups in total. The highest BCUT2D eigenvalue weighted by atomic mass is 16.2. The van der Waals surface area contributed by atoms with Gasteiger partial charge in [0.2, 0.25) is 5.91 Å². The minimum atomic E-state index is -0.319. The highest BCUT2D eigenvalue weighted by Gasteiger charge is 2.06. The van der Waals surface area contributed by atoms with Gasteiger partial charge in [0.1, 0.15) is 5.78 Å². The molecule has 0 unspecified atom stereocenters. The first kappa shape index (κ1) is 11.9. The third-order valence-electron chi connectivity index (χ3n) is 2.02. The van der Waals surface area contributed by atoms with E-state index in [-0.39, 0.29) is 24.7 Å². The van der Waals surface area contributed by atoms with Crippen LogP contribution < -0.4 is 5.32 Å². The summed E-state index contributed by atoms with van der Waals surface area (Å²) in [7, 11) is 0. The summed E-state index contributed by atoms with van der Waals surface area (Å²) in [6, 6.07) is 9.06. The number of nitrogens with zero attached hydrogens (tertiary/aromatic N) is 1. The monoisotopic (exact) mass is 216 g/mol. The van der Waals surface area contributed by atoms with Crippen LogP contribution in [0.15, 0.2) is 24.3 Å². The zero-order valence-corrected chi connectivity index (χ0v) is 8.99. The molecule has 0 aromatic heterocycles. The highest BCUT2D eigenvalue weighted by Crippen LogP contribution is 2.06. The fraction of sp³-hybridized carbons (Fsp3) is 0.250. The molecule has 0 spiro atoms. The molecule has 1 rings (SSSR count). The molecule has 0 heterocycles. The van der Waals surface area contributed by atoms with E-state index in [0.29, 0.717) is 5.56 Å². The van der Waals surface area contributed by atoms with Crippen LogP contribution in [0.2, 0.25) is 0 Å². The summed E-state index contributed by atoms with van der Waals surface area (Å²) in [5.74, 6) is -0.494. The Balaban J connectivity index is 2.58. The highest BCUT2D eigenvalue weighted by molar-refractivity contribution is 5.96. The van der Waals surface area contributed by atoms with E-state index in [9.17, 15) is 9.59 Å². The minimum Gasteiger partial charge on any atom is -0.352 e. The van der Waals surface area contributed by atoms with Gasteiger partial charge in [-0.2, -0.15) is 5.26 Å². The summed E-state index contributed by atoms with van der Waals surface area (Å²) < 4.78 is 0. The number of rotatable bonds is 4.